The maximum Gasteiger partial charge on any atom is 0.430 e. The maximum absolute atomic E-state index is 12.8. The lowest BCUT2D eigenvalue weighted by molar-refractivity contribution is -0.376. The Labute approximate surface area is 141 Å². The van der Waals surface area contributed by atoms with E-state index in [0.29, 0.717) is 44.0 Å². The highest BCUT2D eigenvalue weighted by molar-refractivity contribution is 5.49. The van der Waals surface area contributed by atoms with Gasteiger partial charge in [0.25, 0.3) is 5.60 Å². The van der Waals surface area contributed by atoms with Crippen molar-refractivity contribution in [3.8, 4) is 12.3 Å². The van der Waals surface area contributed by atoms with E-state index in [9.17, 15) is 31.4 Å². The van der Waals surface area contributed by atoms with Gasteiger partial charge in [-0.2, -0.15) is 26.3 Å². The van der Waals surface area contributed by atoms with Crippen LogP contribution < -0.4 is 10.2 Å². The summed E-state index contributed by atoms with van der Waals surface area (Å²) in [5, 5.41) is 12.4. The molecule has 0 unspecified atom stereocenters. The van der Waals surface area contributed by atoms with Crippen LogP contribution >= 0.6 is 0 Å². The molecule has 1 saturated heterocycles. The molecule has 9 heteroatoms. The van der Waals surface area contributed by atoms with Gasteiger partial charge in [0.05, 0.1) is 0 Å². The van der Waals surface area contributed by atoms with Gasteiger partial charge >= 0.3 is 12.4 Å². The van der Waals surface area contributed by atoms with Crippen molar-refractivity contribution in [2.24, 2.45) is 0 Å². The van der Waals surface area contributed by atoms with Crippen LogP contribution in [0, 0.1) is 12.3 Å². The van der Waals surface area contributed by atoms with Crippen LogP contribution in [-0.2, 0) is 5.60 Å². The summed E-state index contributed by atoms with van der Waals surface area (Å²) in [5.41, 5.74) is -5.61. The predicted octanol–water partition coefficient (Wildman–Crippen LogP) is 3.05. The molecule has 0 saturated carbocycles. The number of aliphatic hydroxyl groups is 1. The fraction of sp³-hybridized carbons (Fsp3) is 0.500. The second kappa shape index (κ2) is 7.97. The SMILES string of the molecule is C#CC.OC(c1ccc(N2CCNCC2)cc1)(C(F)(F)F)C(F)(F)F. The lowest BCUT2D eigenvalue weighted by atomic mass is 9.92. The monoisotopic (exact) mass is 368 g/mol. The Morgan fingerprint density at radius 2 is 1.40 bits per heavy atom. The Hall–Kier alpha value is -1.92. The van der Waals surface area contributed by atoms with Crippen molar-refractivity contribution in [3.05, 3.63) is 29.8 Å². The number of hydrogen-bond donors (Lipinski definition) is 2. The van der Waals surface area contributed by atoms with E-state index in [1.807, 2.05) is 4.90 Å². The lowest BCUT2D eigenvalue weighted by Crippen LogP contribution is -2.53. The standard InChI is InChI=1S/C13H14F6N2O.C3H4/c14-12(15,16)11(22,13(17,18)19)9-1-3-10(4-2-9)21-7-5-20-6-8-21;1-3-2/h1-4,20,22H,5-8H2;1H,2H3. The zero-order valence-corrected chi connectivity index (χ0v) is 13.4. The first-order chi connectivity index (χ1) is 11.5. The number of nitrogens with zero attached hydrogens (tertiary/aromatic N) is 1. The van der Waals surface area contributed by atoms with Crippen molar-refractivity contribution in [1.82, 2.24) is 5.32 Å². The van der Waals surface area contributed by atoms with E-state index in [-0.39, 0.29) is 0 Å². The first-order valence-electron chi connectivity index (χ1n) is 7.28. The number of alkyl halides is 6. The van der Waals surface area contributed by atoms with E-state index in [0.717, 1.165) is 12.1 Å². The number of benzene rings is 1. The first kappa shape index (κ1) is 21.1. The van der Waals surface area contributed by atoms with Crippen LogP contribution in [0.5, 0.6) is 0 Å². The van der Waals surface area contributed by atoms with Gasteiger partial charge in [-0.05, 0) is 19.1 Å². The van der Waals surface area contributed by atoms with E-state index >= 15 is 0 Å². The van der Waals surface area contributed by atoms with Crippen LogP contribution in [0.1, 0.15) is 12.5 Å². The van der Waals surface area contributed by atoms with Gasteiger partial charge in [-0.1, -0.05) is 12.1 Å². The van der Waals surface area contributed by atoms with Gasteiger partial charge in [0, 0.05) is 37.4 Å². The molecule has 1 heterocycles. The van der Waals surface area contributed by atoms with Crippen LogP contribution in [0.2, 0.25) is 0 Å². The summed E-state index contributed by atoms with van der Waals surface area (Å²) in [5.74, 6) is 2.25. The molecule has 1 aliphatic heterocycles. The van der Waals surface area contributed by atoms with Crippen LogP contribution in [0.25, 0.3) is 0 Å². The Balaban J connectivity index is 0.000000970. The molecule has 25 heavy (non-hydrogen) atoms. The van der Waals surface area contributed by atoms with Gasteiger partial charge in [0.1, 0.15) is 0 Å². The second-order valence-electron chi connectivity index (χ2n) is 5.28. The number of anilines is 1. The van der Waals surface area contributed by atoms with Crippen LogP contribution in [0.15, 0.2) is 24.3 Å². The van der Waals surface area contributed by atoms with E-state index in [1.165, 1.54) is 0 Å². The zero-order chi connectivity index (χ0) is 19.3. The molecule has 3 nitrogen and oxygen atoms in total. The van der Waals surface area contributed by atoms with Crippen molar-refractivity contribution >= 4 is 5.69 Å². The summed E-state index contributed by atoms with van der Waals surface area (Å²) in [6, 6.07) is 3.64. The van der Waals surface area contributed by atoms with Gasteiger partial charge in [-0.25, -0.2) is 0 Å². The molecule has 140 valence electrons. The number of piperazine rings is 1. The van der Waals surface area contributed by atoms with Gasteiger partial charge in [-0.3, -0.25) is 0 Å². The molecule has 0 atom stereocenters. The molecule has 0 amide bonds. The van der Waals surface area contributed by atoms with Gasteiger partial charge < -0.3 is 15.3 Å². The quantitative estimate of drug-likeness (QED) is 0.622. The smallest absolute Gasteiger partial charge is 0.369 e. The minimum absolute atomic E-state index is 0.511. The third kappa shape index (κ3) is 4.58. The van der Waals surface area contributed by atoms with Crippen LogP contribution in [0.4, 0.5) is 32.0 Å². The normalized spacial score (nSPS) is 15.9. The molecule has 2 N–H and O–H groups in total. The Morgan fingerprint density at radius 1 is 1.00 bits per heavy atom. The molecule has 1 aromatic carbocycles. The highest BCUT2D eigenvalue weighted by Gasteiger charge is 2.71. The third-order valence-corrected chi connectivity index (χ3v) is 3.59. The Kier molecular flexibility index (Phi) is 6.74. The van der Waals surface area contributed by atoms with E-state index in [1.54, 1.807) is 6.92 Å². The Bertz CT molecular complexity index is 569. The summed E-state index contributed by atoms with van der Waals surface area (Å²) in [4.78, 5) is 1.83. The predicted molar refractivity (Wildman–Crippen MR) is 82.0 cm³/mol. The summed E-state index contributed by atoms with van der Waals surface area (Å²) in [6.45, 7) is 4.21. The van der Waals surface area contributed by atoms with E-state index < -0.39 is 23.5 Å². The second-order valence-corrected chi connectivity index (χ2v) is 5.28. The molecular formula is C16H18F6N2O. The van der Waals surface area contributed by atoms with Crippen molar-refractivity contribution in [2.45, 2.75) is 24.9 Å². The lowest BCUT2D eigenvalue weighted by Gasteiger charge is -2.33. The van der Waals surface area contributed by atoms with E-state index in [2.05, 4.69) is 17.7 Å². The molecule has 2 rings (SSSR count). The molecule has 0 aromatic heterocycles. The molecule has 1 aromatic rings. The van der Waals surface area contributed by atoms with Crippen LogP contribution in [0.3, 0.4) is 0 Å². The number of nitrogens with one attached hydrogen (secondary N) is 1. The molecule has 1 aliphatic rings. The average molecular weight is 368 g/mol. The maximum atomic E-state index is 12.8. The minimum atomic E-state index is -5.86. The fourth-order valence-corrected chi connectivity index (χ4v) is 2.32. The van der Waals surface area contributed by atoms with Crippen LogP contribution in [-0.4, -0.2) is 43.6 Å². The number of terminal acetylenes is 1. The topological polar surface area (TPSA) is 35.5 Å². The molecule has 0 spiro atoms. The number of halogens is 6. The number of hydrogen-bond acceptors (Lipinski definition) is 3. The largest absolute Gasteiger partial charge is 0.430 e. The zero-order valence-electron chi connectivity index (χ0n) is 13.4. The highest BCUT2D eigenvalue weighted by Crippen LogP contribution is 2.50. The highest BCUT2D eigenvalue weighted by atomic mass is 19.4. The summed E-state index contributed by atoms with van der Waals surface area (Å²) in [6.07, 6.45) is -7.12. The van der Waals surface area contributed by atoms with Gasteiger partial charge in [0.2, 0.25) is 0 Å². The average Bonchev–Trinajstić information content (AvgIpc) is 2.54. The Morgan fingerprint density at radius 3 is 1.76 bits per heavy atom. The summed E-state index contributed by atoms with van der Waals surface area (Å²) >= 11 is 0. The van der Waals surface area contributed by atoms with Crippen molar-refractivity contribution < 1.29 is 31.4 Å². The summed E-state index contributed by atoms with van der Waals surface area (Å²) in [7, 11) is 0. The molecule has 1 fully saturated rings. The van der Waals surface area contributed by atoms with Crippen molar-refractivity contribution in [1.29, 1.82) is 0 Å². The van der Waals surface area contributed by atoms with Crippen molar-refractivity contribution in [3.63, 3.8) is 0 Å². The van der Waals surface area contributed by atoms with Crippen molar-refractivity contribution in [2.75, 3.05) is 31.1 Å². The first-order valence-corrected chi connectivity index (χ1v) is 7.28. The van der Waals surface area contributed by atoms with Gasteiger partial charge in [0.15, 0.2) is 0 Å². The fourth-order valence-electron chi connectivity index (χ4n) is 2.32. The molecule has 0 bridgehead atoms. The number of rotatable bonds is 2. The summed E-state index contributed by atoms with van der Waals surface area (Å²) < 4.78 is 76.5. The van der Waals surface area contributed by atoms with E-state index in [4.69, 9.17) is 0 Å². The molecule has 0 radical (unpaired) electrons. The van der Waals surface area contributed by atoms with Gasteiger partial charge in [-0.15, -0.1) is 12.3 Å². The molecule has 0 aliphatic carbocycles. The minimum Gasteiger partial charge on any atom is -0.369 e. The third-order valence-electron chi connectivity index (χ3n) is 3.59. The molecular weight excluding hydrogens is 350 g/mol.